The number of nitrogens with one attached hydrogen (secondary N) is 1. The fourth-order valence-electron chi connectivity index (χ4n) is 5.10. The number of ether oxygens (including phenoxy) is 3. The summed E-state index contributed by atoms with van der Waals surface area (Å²) in [7, 11) is -3.25. The molecular weight excluding hydrogens is 536 g/mol. The molecule has 14 heteroatoms. The summed E-state index contributed by atoms with van der Waals surface area (Å²) in [5.41, 5.74) is 4.92. The van der Waals surface area contributed by atoms with E-state index in [1.165, 1.54) is 10.6 Å². The van der Waals surface area contributed by atoms with E-state index in [9.17, 15) is 13.5 Å². The van der Waals surface area contributed by atoms with Crippen LogP contribution in [0.15, 0.2) is 36.5 Å². The molecule has 4 atom stereocenters. The molecule has 1 unspecified atom stereocenters. The predicted molar refractivity (Wildman–Crippen MR) is 135 cm³/mol. The minimum absolute atomic E-state index is 0.221. The maximum absolute atomic E-state index is 11.8. The second kappa shape index (κ2) is 8.73. The van der Waals surface area contributed by atoms with Crippen LogP contribution in [0, 0.1) is 0 Å². The smallest absolute Gasteiger partial charge is 0.296 e. The molecule has 0 radical (unpaired) electrons. The lowest BCUT2D eigenvalue weighted by Crippen LogP contribution is -2.34. The number of aliphatic hydroxyl groups excluding tert-OH is 1. The Balaban J connectivity index is 1.10. The fraction of sp³-hybridized carbons (Fsp3) is 0.375. The molecule has 2 saturated heterocycles. The summed E-state index contributed by atoms with van der Waals surface area (Å²) in [5.74, 6) is 0. The second-order valence-electron chi connectivity index (χ2n) is 9.68. The Hall–Kier alpha value is -3.07. The van der Waals surface area contributed by atoms with Gasteiger partial charge in [0, 0.05) is 23.9 Å². The van der Waals surface area contributed by atoms with Crippen LogP contribution in [0.25, 0.3) is 28.1 Å². The molecule has 0 spiro atoms. The van der Waals surface area contributed by atoms with E-state index in [4.69, 9.17) is 25.8 Å². The Morgan fingerprint density at radius 2 is 1.92 bits per heavy atom. The van der Waals surface area contributed by atoms with Gasteiger partial charge in [-0.05, 0) is 18.2 Å². The summed E-state index contributed by atoms with van der Waals surface area (Å²) < 4.78 is 43.9. The summed E-state index contributed by atoms with van der Waals surface area (Å²) in [6.07, 6.45) is 1.27. The maximum Gasteiger partial charge on any atom is 0.296 e. The summed E-state index contributed by atoms with van der Waals surface area (Å²) in [4.78, 5) is 12.2. The van der Waals surface area contributed by atoms with Crippen LogP contribution in [0.1, 0.15) is 11.3 Å². The van der Waals surface area contributed by atoms with Gasteiger partial charge in [-0.3, -0.25) is 0 Å². The Morgan fingerprint density at radius 3 is 2.68 bits per heavy atom. The van der Waals surface area contributed by atoms with E-state index in [2.05, 4.69) is 20.1 Å². The molecule has 0 saturated carbocycles. The van der Waals surface area contributed by atoms with Crippen LogP contribution in [0.2, 0.25) is 5.02 Å². The minimum atomic E-state index is -3.25. The lowest BCUT2D eigenvalue weighted by Gasteiger charge is -2.15. The average molecular weight is 559 g/mol. The monoisotopic (exact) mass is 558 g/mol. The highest BCUT2D eigenvalue weighted by atomic mass is 35.5. The molecule has 2 N–H and O–H groups in total. The average Bonchev–Trinajstić information content (AvgIpc) is 3.67. The Kier molecular flexibility index (Phi) is 5.51. The third-order valence-corrected chi connectivity index (χ3v) is 8.56. The number of benzene rings is 1. The number of pyridine rings is 1. The van der Waals surface area contributed by atoms with E-state index in [-0.39, 0.29) is 25.3 Å². The van der Waals surface area contributed by atoms with Crippen molar-refractivity contribution in [3.63, 3.8) is 0 Å². The molecule has 3 aliphatic heterocycles. The van der Waals surface area contributed by atoms with Gasteiger partial charge in [0.15, 0.2) is 11.8 Å². The molecule has 2 fully saturated rings. The number of fused-ring (bicyclic) bond motifs is 3. The van der Waals surface area contributed by atoms with Gasteiger partial charge in [0.2, 0.25) is 10.0 Å². The quantitative estimate of drug-likeness (QED) is 0.373. The van der Waals surface area contributed by atoms with Gasteiger partial charge in [-0.1, -0.05) is 23.7 Å². The predicted octanol–water partition coefficient (Wildman–Crippen LogP) is 1.65. The summed E-state index contributed by atoms with van der Waals surface area (Å²) in [6, 6.07) is 9.62. The third-order valence-electron chi connectivity index (χ3n) is 7.07. The Labute approximate surface area is 222 Å². The topological polar surface area (TPSA) is 145 Å². The number of nitrogens with zero attached hydrogens (tertiary/aromatic N) is 5. The van der Waals surface area contributed by atoms with Crippen molar-refractivity contribution in [3.8, 4) is 23.0 Å². The van der Waals surface area contributed by atoms with Crippen molar-refractivity contribution in [3.05, 3.63) is 52.8 Å². The van der Waals surface area contributed by atoms with E-state index >= 15 is 0 Å². The van der Waals surface area contributed by atoms with Gasteiger partial charge in [-0.15, -0.1) is 0 Å². The number of hydrogen-bond acceptors (Lipinski definition) is 9. The van der Waals surface area contributed by atoms with Crippen LogP contribution in [-0.2, 0) is 32.6 Å². The molecule has 3 aromatic heterocycles. The number of aromatic nitrogens is 5. The summed E-state index contributed by atoms with van der Waals surface area (Å²) in [5, 5.41) is 14.9. The second-order valence-corrected chi connectivity index (χ2v) is 12.1. The van der Waals surface area contributed by atoms with Crippen LogP contribution in [0.3, 0.4) is 0 Å². The molecule has 0 aliphatic carbocycles. The standard InChI is InChI=1S/C24H23ClN6O6S/c1-38(33,34)30-7-13-8-31(29-17(13)9-30)14-4-2-12(3-5-14)20-15(25)6-16-23(27-20)28-24(26-16)37-19-11-36-21-18(32)10-35-22(19)21/h2-6,8,18-19,21-22,32H,7,9-11H2,1H3,(H,26,27,28)/t18-,19-,21?,22-/m1/s1. The van der Waals surface area contributed by atoms with E-state index in [1.807, 2.05) is 30.5 Å². The molecule has 38 heavy (non-hydrogen) atoms. The van der Waals surface area contributed by atoms with E-state index < -0.39 is 28.3 Å². The first kappa shape index (κ1) is 24.0. The largest absolute Gasteiger partial charge is 0.456 e. The first-order chi connectivity index (χ1) is 18.2. The molecule has 12 nitrogen and oxygen atoms in total. The number of halogens is 1. The SMILES string of the molecule is CS(=O)(=O)N1Cc2cn(-c3ccc(-c4nc5nc(O[C@@H]6COC7[C@H](O)CO[C@@H]76)[nH]c5cc4Cl)cc3)nc2C1. The molecule has 198 valence electrons. The van der Waals surface area contributed by atoms with Gasteiger partial charge in [-0.25, -0.2) is 18.1 Å². The first-order valence-corrected chi connectivity index (χ1v) is 14.2. The highest BCUT2D eigenvalue weighted by Crippen LogP contribution is 2.33. The number of rotatable bonds is 5. The maximum atomic E-state index is 11.8. The molecule has 0 amide bonds. The van der Waals surface area contributed by atoms with Crippen molar-refractivity contribution < 1.29 is 27.7 Å². The first-order valence-electron chi connectivity index (χ1n) is 12.0. The third kappa shape index (κ3) is 4.06. The van der Waals surface area contributed by atoms with Gasteiger partial charge < -0.3 is 24.3 Å². The lowest BCUT2D eigenvalue weighted by atomic mass is 10.1. The molecule has 4 aromatic rings. The zero-order chi connectivity index (χ0) is 26.2. The number of hydrogen-bond donors (Lipinski definition) is 2. The Bertz CT molecular complexity index is 1630. The van der Waals surface area contributed by atoms with E-state index in [1.54, 1.807) is 10.7 Å². The van der Waals surface area contributed by atoms with Crippen LogP contribution in [0.4, 0.5) is 0 Å². The molecular formula is C24H23ClN6O6S. The van der Waals surface area contributed by atoms with E-state index in [0.717, 1.165) is 22.5 Å². The molecule has 6 heterocycles. The highest BCUT2D eigenvalue weighted by Gasteiger charge is 2.48. The van der Waals surface area contributed by atoms with Crippen LogP contribution in [-0.4, -0.2) is 86.4 Å². The number of H-pyrrole nitrogens is 1. The van der Waals surface area contributed by atoms with Gasteiger partial charge in [0.1, 0.15) is 18.3 Å². The normalized spacial score (nSPS) is 25.2. The lowest BCUT2D eigenvalue weighted by molar-refractivity contribution is 0.00706. The van der Waals surface area contributed by atoms with Gasteiger partial charge in [0.05, 0.1) is 53.6 Å². The van der Waals surface area contributed by atoms with Crippen molar-refractivity contribution in [1.82, 2.24) is 29.0 Å². The van der Waals surface area contributed by atoms with Gasteiger partial charge in [-0.2, -0.15) is 14.4 Å². The summed E-state index contributed by atoms with van der Waals surface area (Å²) >= 11 is 6.57. The van der Waals surface area contributed by atoms with Crippen molar-refractivity contribution >= 4 is 32.8 Å². The minimum Gasteiger partial charge on any atom is -0.456 e. The van der Waals surface area contributed by atoms with Crippen LogP contribution in [0.5, 0.6) is 6.01 Å². The Morgan fingerprint density at radius 1 is 1.13 bits per heavy atom. The number of aliphatic hydroxyl groups is 1. The zero-order valence-electron chi connectivity index (χ0n) is 20.1. The zero-order valence-corrected chi connectivity index (χ0v) is 21.7. The highest BCUT2D eigenvalue weighted by molar-refractivity contribution is 7.88. The molecule has 1 aromatic carbocycles. The summed E-state index contributed by atoms with van der Waals surface area (Å²) in [6.45, 7) is 1.12. The molecule has 3 aliphatic rings. The fourth-order valence-corrected chi connectivity index (χ4v) is 6.10. The van der Waals surface area contributed by atoms with E-state index in [0.29, 0.717) is 35.0 Å². The number of sulfonamides is 1. The number of imidazole rings is 1. The van der Waals surface area contributed by atoms with Crippen molar-refractivity contribution in [2.75, 3.05) is 19.5 Å². The molecule has 7 rings (SSSR count). The molecule has 0 bridgehead atoms. The van der Waals surface area contributed by atoms with Gasteiger partial charge in [0.25, 0.3) is 6.01 Å². The number of aromatic amines is 1. The van der Waals surface area contributed by atoms with Gasteiger partial charge >= 0.3 is 0 Å². The van der Waals surface area contributed by atoms with Crippen molar-refractivity contribution in [2.45, 2.75) is 37.5 Å². The van der Waals surface area contributed by atoms with Crippen molar-refractivity contribution in [2.24, 2.45) is 0 Å². The van der Waals surface area contributed by atoms with Crippen molar-refractivity contribution in [1.29, 1.82) is 0 Å². The van der Waals surface area contributed by atoms with Crippen LogP contribution < -0.4 is 4.74 Å². The van der Waals surface area contributed by atoms with Crippen LogP contribution >= 0.6 is 11.6 Å².